The smallest absolute Gasteiger partial charge is 0.107 e. The molecule has 1 rings (SSSR count). The van der Waals surface area contributed by atoms with E-state index in [2.05, 4.69) is 25.6 Å². The van der Waals surface area contributed by atoms with Crippen LogP contribution in [0, 0.1) is 12.3 Å². The van der Waals surface area contributed by atoms with E-state index in [9.17, 15) is 0 Å². The Labute approximate surface area is 89.3 Å². The fourth-order valence-corrected chi connectivity index (χ4v) is 1.65. The Morgan fingerprint density at radius 2 is 2.00 bits per heavy atom. The highest BCUT2D eigenvalue weighted by molar-refractivity contribution is 7.97. The van der Waals surface area contributed by atoms with Crippen LogP contribution >= 0.6 is 11.9 Å². The maximum absolute atomic E-state index is 7.48. The van der Waals surface area contributed by atoms with Gasteiger partial charge in [0.05, 0.1) is 0 Å². The Morgan fingerprint density at radius 3 is 2.43 bits per heavy atom. The molecule has 0 aliphatic carbocycles. The molecule has 1 aromatic rings. The number of benzene rings is 1. The standard InChI is InChI=1S/C11H14N2S/c1-4-13(10(3)12)14-11-7-5-9(2)6-8-11/h4-8,12H,1H2,2-3H3. The van der Waals surface area contributed by atoms with Crippen LogP contribution in [0.5, 0.6) is 0 Å². The van der Waals surface area contributed by atoms with Crippen molar-refractivity contribution >= 4 is 17.8 Å². The minimum Gasteiger partial charge on any atom is -0.288 e. The lowest BCUT2D eigenvalue weighted by Crippen LogP contribution is -2.12. The summed E-state index contributed by atoms with van der Waals surface area (Å²) in [4.78, 5) is 1.11. The Bertz CT molecular complexity index is 330. The van der Waals surface area contributed by atoms with Crippen molar-refractivity contribution in [1.29, 1.82) is 5.41 Å². The van der Waals surface area contributed by atoms with Gasteiger partial charge in [-0.2, -0.15) is 0 Å². The molecule has 0 bridgehead atoms. The molecule has 0 amide bonds. The second kappa shape index (κ2) is 4.86. The number of rotatable bonds is 3. The Balaban J connectivity index is 2.72. The van der Waals surface area contributed by atoms with Crippen molar-refractivity contribution in [3.8, 4) is 0 Å². The summed E-state index contributed by atoms with van der Waals surface area (Å²) >= 11 is 1.50. The normalized spacial score (nSPS) is 9.57. The van der Waals surface area contributed by atoms with Crippen LogP contribution in [0.3, 0.4) is 0 Å². The van der Waals surface area contributed by atoms with E-state index in [1.54, 1.807) is 17.4 Å². The number of nitrogens with zero attached hydrogens (tertiary/aromatic N) is 1. The second-order valence-electron chi connectivity index (χ2n) is 3.00. The fraction of sp³-hybridized carbons (Fsp3) is 0.182. The number of nitrogens with one attached hydrogen (secondary N) is 1. The van der Waals surface area contributed by atoms with Crippen molar-refractivity contribution in [2.45, 2.75) is 18.7 Å². The molecule has 0 aliphatic rings. The molecule has 14 heavy (non-hydrogen) atoms. The maximum Gasteiger partial charge on any atom is 0.107 e. The highest BCUT2D eigenvalue weighted by atomic mass is 32.2. The average molecular weight is 206 g/mol. The maximum atomic E-state index is 7.48. The van der Waals surface area contributed by atoms with Crippen molar-refractivity contribution in [2.75, 3.05) is 0 Å². The van der Waals surface area contributed by atoms with Crippen LogP contribution in [0.1, 0.15) is 12.5 Å². The lowest BCUT2D eigenvalue weighted by atomic mass is 10.2. The summed E-state index contributed by atoms with van der Waals surface area (Å²) in [6.07, 6.45) is 1.65. The van der Waals surface area contributed by atoms with E-state index >= 15 is 0 Å². The average Bonchev–Trinajstić information content (AvgIpc) is 2.16. The number of hydrogen-bond donors (Lipinski definition) is 1. The first-order chi connectivity index (χ1) is 6.63. The summed E-state index contributed by atoms with van der Waals surface area (Å²) in [5, 5.41) is 7.48. The second-order valence-corrected chi connectivity index (χ2v) is 4.05. The van der Waals surface area contributed by atoms with Crippen molar-refractivity contribution < 1.29 is 0 Å². The van der Waals surface area contributed by atoms with Crippen LogP contribution < -0.4 is 0 Å². The monoisotopic (exact) mass is 206 g/mol. The molecule has 1 N–H and O–H groups in total. The number of hydrogen-bond acceptors (Lipinski definition) is 2. The predicted octanol–water partition coefficient (Wildman–Crippen LogP) is 3.44. The van der Waals surface area contributed by atoms with E-state index in [4.69, 9.17) is 5.41 Å². The van der Waals surface area contributed by atoms with E-state index in [0.717, 1.165) is 4.90 Å². The zero-order valence-corrected chi connectivity index (χ0v) is 9.27. The SMILES string of the molecule is C=CN(Sc1ccc(C)cc1)C(C)=N. The molecule has 2 nitrogen and oxygen atoms in total. The summed E-state index contributed by atoms with van der Waals surface area (Å²) in [7, 11) is 0. The van der Waals surface area contributed by atoms with Gasteiger partial charge in [0, 0.05) is 11.1 Å². The minimum absolute atomic E-state index is 0.477. The van der Waals surface area contributed by atoms with Crippen LogP contribution in [0.25, 0.3) is 0 Å². The summed E-state index contributed by atoms with van der Waals surface area (Å²) in [6, 6.07) is 8.20. The van der Waals surface area contributed by atoms with Gasteiger partial charge < -0.3 is 0 Å². The minimum atomic E-state index is 0.477. The van der Waals surface area contributed by atoms with E-state index in [1.165, 1.54) is 17.5 Å². The molecular weight excluding hydrogens is 192 g/mol. The third-order valence-corrected chi connectivity index (χ3v) is 2.82. The van der Waals surface area contributed by atoms with Crippen LogP contribution in [-0.4, -0.2) is 10.1 Å². The van der Waals surface area contributed by atoms with Gasteiger partial charge in [0.1, 0.15) is 5.84 Å². The van der Waals surface area contributed by atoms with E-state index in [0.29, 0.717) is 5.84 Å². The first-order valence-electron chi connectivity index (χ1n) is 4.35. The van der Waals surface area contributed by atoms with Crippen LogP contribution in [0.2, 0.25) is 0 Å². The molecule has 0 spiro atoms. The van der Waals surface area contributed by atoms with Crippen LogP contribution in [0.4, 0.5) is 0 Å². The zero-order chi connectivity index (χ0) is 10.6. The summed E-state index contributed by atoms with van der Waals surface area (Å²) in [6.45, 7) is 7.46. The topological polar surface area (TPSA) is 27.1 Å². The quantitative estimate of drug-likeness (QED) is 0.466. The van der Waals surface area contributed by atoms with Gasteiger partial charge in [-0.15, -0.1) is 0 Å². The van der Waals surface area contributed by atoms with E-state index in [-0.39, 0.29) is 0 Å². The molecule has 74 valence electrons. The molecule has 0 heterocycles. The molecule has 3 heteroatoms. The number of aryl methyl sites for hydroxylation is 1. The summed E-state index contributed by atoms with van der Waals surface area (Å²) < 4.78 is 1.73. The van der Waals surface area contributed by atoms with Gasteiger partial charge in [-0.3, -0.25) is 9.71 Å². The molecule has 0 aliphatic heterocycles. The van der Waals surface area contributed by atoms with E-state index in [1.807, 2.05) is 12.1 Å². The van der Waals surface area contributed by atoms with Gasteiger partial charge in [0.15, 0.2) is 0 Å². The first-order valence-corrected chi connectivity index (χ1v) is 5.12. The van der Waals surface area contributed by atoms with Gasteiger partial charge in [0.25, 0.3) is 0 Å². The molecule has 0 atom stereocenters. The van der Waals surface area contributed by atoms with Gasteiger partial charge in [-0.05, 0) is 37.9 Å². The molecule has 0 radical (unpaired) electrons. The van der Waals surface area contributed by atoms with Crippen LogP contribution in [0.15, 0.2) is 41.9 Å². The van der Waals surface area contributed by atoms with Crippen molar-refractivity contribution in [2.24, 2.45) is 0 Å². The van der Waals surface area contributed by atoms with Gasteiger partial charge in [0.2, 0.25) is 0 Å². The first kappa shape index (κ1) is 10.9. The lowest BCUT2D eigenvalue weighted by Gasteiger charge is -2.16. The Morgan fingerprint density at radius 1 is 1.43 bits per heavy atom. The van der Waals surface area contributed by atoms with Crippen molar-refractivity contribution in [3.63, 3.8) is 0 Å². The molecule has 0 saturated carbocycles. The molecular formula is C11H14N2S. The highest BCUT2D eigenvalue weighted by Crippen LogP contribution is 2.23. The molecule has 0 fully saturated rings. The summed E-state index contributed by atoms with van der Waals surface area (Å²) in [5.41, 5.74) is 1.24. The molecule has 0 unspecified atom stereocenters. The lowest BCUT2D eigenvalue weighted by molar-refractivity contribution is 0.907. The van der Waals surface area contributed by atoms with Crippen molar-refractivity contribution in [3.05, 3.63) is 42.6 Å². The van der Waals surface area contributed by atoms with Gasteiger partial charge in [-0.25, -0.2) is 0 Å². The molecule has 0 saturated heterocycles. The molecule has 1 aromatic carbocycles. The predicted molar refractivity (Wildman–Crippen MR) is 62.5 cm³/mol. The Hall–Kier alpha value is -1.22. The van der Waals surface area contributed by atoms with E-state index < -0.39 is 0 Å². The summed E-state index contributed by atoms with van der Waals surface area (Å²) in [5.74, 6) is 0.477. The molecule has 0 aromatic heterocycles. The third-order valence-electron chi connectivity index (χ3n) is 1.72. The van der Waals surface area contributed by atoms with Crippen LogP contribution in [-0.2, 0) is 0 Å². The highest BCUT2D eigenvalue weighted by Gasteiger charge is 2.02. The van der Waals surface area contributed by atoms with Gasteiger partial charge >= 0.3 is 0 Å². The van der Waals surface area contributed by atoms with Crippen molar-refractivity contribution in [1.82, 2.24) is 4.31 Å². The largest absolute Gasteiger partial charge is 0.288 e. The Kier molecular flexibility index (Phi) is 3.77. The third kappa shape index (κ3) is 2.92. The fourth-order valence-electron chi connectivity index (χ4n) is 0.955. The zero-order valence-electron chi connectivity index (χ0n) is 8.45. The van der Waals surface area contributed by atoms with Gasteiger partial charge in [-0.1, -0.05) is 24.3 Å². The number of amidine groups is 1.